The third-order valence-corrected chi connectivity index (χ3v) is 0.906. The van der Waals surface area contributed by atoms with Crippen LogP contribution in [0, 0.1) is 0 Å². The van der Waals surface area contributed by atoms with Crippen molar-refractivity contribution in [1.29, 1.82) is 0 Å². The van der Waals surface area contributed by atoms with Crippen LogP contribution in [-0.2, 0) is 4.74 Å². The van der Waals surface area contributed by atoms with Crippen molar-refractivity contribution in [3.05, 3.63) is 0 Å². The molecule has 0 aromatic carbocycles. The van der Waals surface area contributed by atoms with Crippen LogP contribution in [0.2, 0.25) is 0 Å². The maximum absolute atomic E-state index is 4.80. The molecule has 0 spiro atoms. The lowest BCUT2D eigenvalue weighted by Crippen LogP contribution is -2.10. The van der Waals surface area contributed by atoms with Gasteiger partial charge in [0.05, 0.1) is 6.61 Å². The molecule has 0 aliphatic rings. The third kappa shape index (κ3) is 6.35. The van der Waals surface area contributed by atoms with E-state index in [0.717, 1.165) is 13.2 Å². The van der Waals surface area contributed by atoms with Crippen LogP contribution >= 0.6 is 9.39 Å². The Morgan fingerprint density at radius 1 is 1.71 bits per heavy atom. The van der Waals surface area contributed by atoms with Gasteiger partial charge in [0, 0.05) is 13.7 Å². The molecule has 0 saturated heterocycles. The lowest BCUT2D eigenvalue weighted by molar-refractivity contribution is 0.187. The first-order chi connectivity index (χ1) is 3.27. The van der Waals surface area contributed by atoms with Gasteiger partial charge < -0.3 is 4.74 Å². The van der Waals surface area contributed by atoms with Gasteiger partial charge >= 0.3 is 0 Å². The number of rotatable bonds is 3. The minimum atomic E-state index is 0.806. The monoisotopic (exact) mass is 121 g/mol. The number of nitrogens with zero attached hydrogens (tertiary/aromatic N) is 1. The van der Waals surface area contributed by atoms with Gasteiger partial charge in [-0.2, -0.15) is 0 Å². The molecule has 0 saturated carbocycles. The van der Waals surface area contributed by atoms with Gasteiger partial charge in [0.25, 0.3) is 0 Å². The number of hydrogen-bond donors (Lipinski definition) is 0. The van der Waals surface area contributed by atoms with E-state index in [4.69, 9.17) is 4.74 Å². The highest BCUT2D eigenvalue weighted by atomic mass is 31.0. The number of ether oxygens (including phenoxy) is 1. The van der Waals surface area contributed by atoms with Crippen molar-refractivity contribution in [3.63, 3.8) is 0 Å². The fraction of sp³-hybridized carbons (Fsp3) is 1.00. The van der Waals surface area contributed by atoms with Crippen molar-refractivity contribution in [2.24, 2.45) is 0 Å². The van der Waals surface area contributed by atoms with Crippen molar-refractivity contribution in [2.75, 3.05) is 27.3 Å². The van der Waals surface area contributed by atoms with Crippen molar-refractivity contribution in [1.82, 2.24) is 4.67 Å². The molecule has 0 aliphatic carbocycles. The van der Waals surface area contributed by atoms with E-state index >= 15 is 0 Å². The highest BCUT2D eigenvalue weighted by molar-refractivity contribution is 7.13. The summed E-state index contributed by atoms with van der Waals surface area (Å²) in [5.41, 5.74) is 0. The lowest BCUT2D eigenvalue weighted by atomic mass is 10.7. The normalized spacial score (nSPS) is 10.3. The zero-order valence-electron chi connectivity index (χ0n) is 4.85. The molecular weight excluding hydrogens is 109 g/mol. The summed E-state index contributed by atoms with van der Waals surface area (Å²) >= 11 is 0. The summed E-state index contributed by atoms with van der Waals surface area (Å²) in [6, 6.07) is 0. The highest BCUT2D eigenvalue weighted by Crippen LogP contribution is 1.88. The van der Waals surface area contributed by atoms with E-state index in [1.807, 2.05) is 11.7 Å². The van der Waals surface area contributed by atoms with Crippen LogP contribution in [0.15, 0.2) is 0 Å². The van der Waals surface area contributed by atoms with Crippen molar-refractivity contribution < 1.29 is 4.74 Å². The van der Waals surface area contributed by atoms with E-state index in [1.165, 1.54) is 0 Å². The Labute approximate surface area is 47.1 Å². The Hall–Kier alpha value is 0.350. The van der Waals surface area contributed by atoms with Gasteiger partial charge in [-0.3, -0.25) is 4.67 Å². The quantitative estimate of drug-likeness (QED) is 0.500. The molecule has 0 aromatic heterocycles. The molecule has 44 valence electrons. The van der Waals surface area contributed by atoms with E-state index in [1.54, 1.807) is 7.11 Å². The molecule has 3 heteroatoms. The second kappa shape index (κ2) is 4.51. The van der Waals surface area contributed by atoms with Crippen LogP contribution in [0.25, 0.3) is 0 Å². The van der Waals surface area contributed by atoms with Gasteiger partial charge in [-0.25, -0.2) is 0 Å². The Bertz CT molecular complexity index is 40.7. The van der Waals surface area contributed by atoms with Crippen molar-refractivity contribution in [2.45, 2.75) is 0 Å². The Kier molecular flexibility index (Phi) is 4.73. The molecule has 0 heterocycles. The van der Waals surface area contributed by atoms with Gasteiger partial charge in [0.1, 0.15) is 0 Å². The van der Waals surface area contributed by atoms with E-state index in [0.29, 0.717) is 0 Å². The molecule has 0 radical (unpaired) electrons. The first-order valence-corrected chi connectivity index (χ1v) is 2.73. The minimum absolute atomic E-state index is 0.806. The maximum atomic E-state index is 4.80. The molecule has 0 rings (SSSR count). The Morgan fingerprint density at radius 2 is 2.29 bits per heavy atom. The fourth-order valence-electron chi connectivity index (χ4n) is 0.235. The summed E-state index contributed by atoms with van der Waals surface area (Å²) in [5.74, 6) is 0. The van der Waals surface area contributed by atoms with E-state index in [2.05, 4.69) is 9.39 Å². The lowest BCUT2D eigenvalue weighted by Gasteiger charge is -2.05. The molecule has 0 aromatic rings. The number of methoxy groups -OCH3 is 1. The van der Waals surface area contributed by atoms with Gasteiger partial charge in [-0.15, -0.1) is 0 Å². The van der Waals surface area contributed by atoms with Gasteiger partial charge in [0.15, 0.2) is 0 Å². The summed E-state index contributed by atoms with van der Waals surface area (Å²) in [6.07, 6.45) is 0. The smallest absolute Gasteiger partial charge is 0.0592 e. The maximum Gasteiger partial charge on any atom is 0.0592 e. The fourth-order valence-corrected chi connectivity index (χ4v) is 0.341. The van der Waals surface area contributed by atoms with Crippen molar-refractivity contribution >= 4 is 9.39 Å². The second-order valence-electron chi connectivity index (χ2n) is 1.47. The zero-order valence-corrected chi connectivity index (χ0v) is 6.00. The number of hydrogen-bond acceptors (Lipinski definition) is 2. The Morgan fingerprint density at radius 3 is 2.43 bits per heavy atom. The van der Waals surface area contributed by atoms with Crippen molar-refractivity contribution in [3.8, 4) is 0 Å². The topological polar surface area (TPSA) is 12.5 Å². The second-order valence-corrected chi connectivity index (χ2v) is 2.35. The largest absolute Gasteiger partial charge is 0.383 e. The molecule has 2 nitrogen and oxygen atoms in total. The first-order valence-electron chi connectivity index (χ1n) is 2.22. The molecule has 0 bridgehead atoms. The summed E-state index contributed by atoms with van der Waals surface area (Å²) < 4.78 is 6.80. The van der Waals surface area contributed by atoms with Crippen LogP contribution in [0.5, 0.6) is 0 Å². The van der Waals surface area contributed by atoms with Crippen LogP contribution in [0.3, 0.4) is 0 Å². The first kappa shape index (κ1) is 7.35. The summed E-state index contributed by atoms with van der Waals surface area (Å²) in [7, 11) is 6.25. The molecule has 0 fully saturated rings. The minimum Gasteiger partial charge on any atom is -0.383 e. The third-order valence-electron chi connectivity index (χ3n) is 0.648. The number of likely N-dealkylation sites (N-methyl/N-ethyl adjacent to an activating group) is 1. The average Bonchev–Trinajstić information content (AvgIpc) is 1.61. The van der Waals surface area contributed by atoms with Gasteiger partial charge in [-0.1, -0.05) is 9.39 Å². The Balaban J connectivity index is 2.68. The standard InChI is InChI=1S/C4H12NOP/c1-5(7)3-4-6-2/h3-4,7H2,1-2H3. The molecule has 1 unspecified atom stereocenters. The predicted molar refractivity (Wildman–Crippen MR) is 34.2 cm³/mol. The summed E-state index contributed by atoms with van der Waals surface area (Å²) in [4.78, 5) is 0. The molecule has 0 aliphatic heterocycles. The zero-order chi connectivity index (χ0) is 5.70. The van der Waals surface area contributed by atoms with Crippen LogP contribution in [0.4, 0.5) is 0 Å². The van der Waals surface area contributed by atoms with Crippen LogP contribution in [-0.4, -0.2) is 32.0 Å². The van der Waals surface area contributed by atoms with E-state index in [-0.39, 0.29) is 0 Å². The van der Waals surface area contributed by atoms with Gasteiger partial charge in [0.2, 0.25) is 0 Å². The summed E-state index contributed by atoms with van der Waals surface area (Å²) in [6.45, 7) is 1.78. The van der Waals surface area contributed by atoms with Crippen LogP contribution < -0.4 is 0 Å². The molecule has 1 atom stereocenters. The molecule has 7 heavy (non-hydrogen) atoms. The average molecular weight is 121 g/mol. The summed E-state index contributed by atoms with van der Waals surface area (Å²) in [5, 5.41) is 0. The SMILES string of the molecule is COCCN(C)P. The molecule has 0 N–H and O–H groups in total. The van der Waals surface area contributed by atoms with Crippen LogP contribution in [0.1, 0.15) is 0 Å². The van der Waals surface area contributed by atoms with Gasteiger partial charge in [-0.05, 0) is 7.05 Å². The van der Waals surface area contributed by atoms with E-state index < -0.39 is 0 Å². The highest BCUT2D eigenvalue weighted by Gasteiger charge is 1.84. The van der Waals surface area contributed by atoms with E-state index in [9.17, 15) is 0 Å². The molecule has 0 amide bonds. The molecular formula is C4H12NOP. The predicted octanol–water partition coefficient (Wildman–Crippen LogP) is 0.355.